The maximum absolute atomic E-state index is 12.7. The van der Waals surface area contributed by atoms with Gasteiger partial charge in [-0.25, -0.2) is 0 Å². The van der Waals surface area contributed by atoms with Crippen LogP contribution in [-0.2, 0) is 9.59 Å². The fourth-order valence-electron chi connectivity index (χ4n) is 3.18. The van der Waals surface area contributed by atoms with E-state index in [4.69, 9.17) is 27.9 Å². The molecule has 0 aromatic heterocycles. The van der Waals surface area contributed by atoms with Crippen LogP contribution in [0.1, 0.15) is 38.2 Å². The van der Waals surface area contributed by atoms with E-state index in [-0.39, 0.29) is 24.8 Å². The fraction of sp³-hybridized carbons (Fsp3) is 0.333. The lowest BCUT2D eigenvalue weighted by Crippen LogP contribution is -2.27. The average Bonchev–Trinajstić information content (AvgIpc) is 3.05. The molecule has 0 bridgehead atoms. The van der Waals surface area contributed by atoms with Crippen molar-refractivity contribution >= 4 is 40.8 Å². The number of para-hydroxylation sites is 1. The summed E-state index contributed by atoms with van der Waals surface area (Å²) in [6.07, 6.45) is 1.03. The number of ether oxygens (including phenoxy) is 1. The third-order valence-electron chi connectivity index (χ3n) is 4.93. The lowest BCUT2D eigenvalue weighted by Gasteiger charge is -2.19. The van der Waals surface area contributed by atoms with Crippen molar-refractivity contribution in [3.05, 3.63) is 58.1 Å². The Morgan fingerprint density at radius 1 is 1.26 bits per heavy atom. The van der Waals surface area contributed by atoms with Gasteiger partial charge in [-0.05, 0) is 42.2 Å². The van der Waals surface area contributed by atoms with Crippen LogP contribution < -0.4 is 9.64 Å². The van der Waals surface area contributed by atoms with Crippen molar-refractivity contribution in [1.29, 1.82) is 0 Å². The quantitative estimate of drug-likeness (QED) is 0.489. The molecule has 1 fully saturated rings. The first-order valence-electron chi connectivity index (χ1n) is 8.96. The first kappa shape index (κ1) is 19.7. The topological polar surface area (TPSA) is 46.6 Å². The molecule has 1 aliphatic heterocycles. The first-order chi connectivity index (χ1) is 12.9. The highest BCUT2D eigenvalue weighted by Gasteiger charge is 2.37. The third-order valence-corrected chi connectivity index (χ3v) is 5.48. The highest BCUT2D eigenvalue weighted by Crippen LogP contribution is 2.34. The predicted octanol–water partition coefficient (Wildman–Crippen LogP) is 5.47. The number of esters is 1. The number of nitrogens with zero attached hydrogens (tertiary/aromatic N) is 1. The van der Waals surface area contributed by atoms with Gasteiger partial charge in [-0.1, -0.05) is 55.2 Å². The van der Waals surface area contributed by atoms with E-state index in [2.05, 4.69) is 13.8 Å². The second-order valence-corrected chi connectivity index (χ2v) is 7.61. The predicted molar refractivity (Wildman–Crippen MR) is 108 cm³/mol. The molecule has 0 spiro atoms. The number of halogens is 2. The van der Waals surface area contributed by atoms with Gasteiger partial charge in [0.05, 0.1) is 16.6 Å². The van der Waals surface area contributed by atoms with Crippen molar-refractivity contribution in [1.82, 2.24) is 0 Å². The van der Waals surface area contributed by atoms with E-state index in [1.54, 1.807) is 24.3 Å². The zero-order valence-corrected chi connectivity index (χ0v) is 16.8. The van der Waals surface area contributed by atoms with Crippen LogP contribution in [0.4, 0.5) is 5.69 Å². The number of hydrogen-bond acceptors (Lipinski definition) is 3. The van der Waals surface area contributed by atoms with E-state index < -0.39 is 11.9 Å². The fourth-order valence-corrected chi connectivity index (χ4v) is 3.57. The second-order valence-electron chi connectivity index (χ2n) is 6.77. The smallest absolute Gasteiger partial charge is 0.316 e. The largest absolute Gasteiger partial charge is 0.426 e. The van der Waals surface area contributed by atoms with Crippen LogP contribution >= 0.6 is 23.2 Å². The molecule has 0 saturated carbocycles. The SMILES string of the molecule is CC[C@@H](C)c1ccccc1OC(=O)[C@H]1CC(=O)N(c2cc(Cl)ccc2Cl)C1. The highest BCUT2D eigenvalue weighted by atomic mass is 35.5. The van der Waals surface area contributed by atoms with E-state index in [9.17, 15) is 9.59 Å². The van der Waals surface area contributed by atoms with Crippen molar-refractivity contribution in [3.63, 3.8) is 0 Å². The van der Waals surface area contributed by atoms with Crippen LogP contribution in [0.5, 0.6) is 5.75 Å². The number of carbonyl (C=O) groups excluding carboxylic acids is 2. The van der Waals surface area contributed by atoms with E-state index >= 15 is 0 Å². The highest BCUT2D eigenvalue weighted by molar-refractivity contribution is 6.35. The molecule has 2 atom stereocenters. The van der Waals surface area contributed by atoms with Gasteiger partial charge in [-0.2, -0.15) is 0 Å². The van der Waals surface area contributed by atoms with Crippen molar-refractivity contribution in [2.75, 3.05) is 11.4 Å². The molecule has 27 heavy (non-hydrogen) atoms. The third kappa shape index (κ3) is 4.28. The molecule has 0 radical (unpaired) electrons. The zero-order valence-electron chi connectivity index (χ0n) is 15.2. The Kier molecular flexibility index (Phi) is 6.08. The van der Waals surface area contributed by atoms with Gasteiger partial charge in [0.2, 0.25) is 5.91 Å². The normalized spacial score (nSPS) is 17.9. The van der Waals surface area contributed by atoms with Crippen molar-refractivity contribution in [3.8, 4) is 5.75 Å². The Morgan fingerprint density at radius 2 is 2.00 bits per heavy atom. The van der Waals surface area contributed by atoms with Crippen molar-refractivity contribution < 1.29 is 14.3 Å². The second kappa shape index (κ2) is 8.32. The molecule has 1 saturated heterocycles. The molecule has 3 rings (SSSR count). The minimum Gasteiger partial charge on any atom is -0.426 e. The Bertz CT molecular complexity index is 868. The molecule has 4 nitrogen and oxygen atoms in total. The molecule has 1 heterocycles. The van der Waals surface area contributed by atoms with Gasteiger partial charge in [-0.15, -0.1) is 0 Å². The zero-order chi connectivity index (χ0) is 19.6. The maximum Gasteiger partial charge on any atom is 0.316 e. The van der Waals surface area contributed by atoms with E-state index in [0.29, 0.717) is 21.5 Å². The van der Waals surface area contributed by atoms with Gasteiger partial charge in [-0.3, -0.25) is 9.59 Å². The Balaban J connectivity index is 1.76. The molecule has 1 aliphatic rings. The van der Waals surface area contributed by atoms with Crippen LogP contribution in [0.15, 0.2) is 42.5 Å². The molecule has 0 unspecified atom stereocenters. The number of anilines is 1. The molecule has 142 valence electrons. The minimum absolute atomic E-state index is 0.0905. The summed E-state index contributed by atoms with van der Waals surface area (Å²) in [4.78, 5) is 26.6. The molecule has 2 aromatic carbocycles. The minimum atomic E-state index is -0.544. The van der Waals surface area contributed by atoms with Gasteiger partial charge in [0.1, 0.15) is 5.75 Å². The van der Waals surface area contributed by atoms with Gasteiger partial charge in [0.15, 0.2) is 0 Å². The first-order valence-corrected chi connectivity index (χ1v) is 9.72. The van der Waals surface area contributed by atoms with Gasteiger partial charge in [0, 0.05) is 18.0 Å². The van der Waals surface area contributed by atoms with Gasteiger partial charge >= 0.3 is 5.97 Å². The lowest BCUT2D eigenvalue weighted by atomic mass is 9.98. The Hall–Kier alpha value is -2.04. The van der Waals surface area contributed by atoms with Gasteiger partial charge in [0.25, 0.3) is 0 Å². The summed E-state index contributed by atoms with van der Waals surface area (Å²) in [7, 11) is 0. The van der Waals surface area contributed by atoms with Crippen LogP contribution in [0, 0.1) is 5.92 Å². The van der Waals surface area contributed by atoms with E-state index in [1.165, 1.54) is 4.90 Å². The summed E-state index contributed by atoms with van der Waals surface area (Å²) in [6, 6.07) is 12.5. The van der Waals surface area contributed by atoms with Crippen LogP contribution in [-0.4, -0.2) is 18.4 Å². The molecule has 0 N–H and O–H groups in total. The number of benzene rings is 2. The summed E-state index contributed by atoms with van der Waals surface area (Å²) < 4.78 is 5.66. The molecule has 1 amide bonds. The van der Waals surface area contributed by atoms with Crippen molar-refractivity contribution in [2.24, 2.45) is 5.92 Å². The summed E-state index contributed by atoms with van der Waals surface area (Å²) in [6.45, 7) is 4.41. The summed E-state index contributed by atoms with van der Waals surface area (Å²) in [5.74, 6) is -0.280. The Labute approximate surface area is 169 Å². The average molecular weight is 406 g/mol. The van der Waals surface area contributed by atoms with E-state index in [0.717, 1.165) is 12.0 Å². The number of carbonyl (C=O) groups is 2. The molecule has 6 heteroatoms. The number of amides is 1. The standard InChI is InChI=1S/C21H21Cl2NO3/c1-3-13(2)16-6-4-5-7-19(16)27-21(26)14-10-20(25)24(12-14)18-11-15(22)8-9-17(18)23/h4-9,11,13-14H,3,10,12H2,1-2H3/t13-,14+/m1/s1. The van der Waals surface area contributed by atoms with Crippen LogP contribution in [0.3, 0.4) is 0 Å². The summed E-state index contributed by atoms with van der Waals surface area (Å²) in [5.41, 5.74) is 1.51. The maximum atomic E-state index is 12.7. The monoisotopic (exact) mass is 405 g/mol. The summed E-state index contributed by atoms with van der Waals surface area (Å²) in [5, 5.41) is 0.902. The number of rotatable bonds is 5. The lowest BCUT2D eigenvalue weighted by molar-refractivity contribution is -0.139. The Morgan fingerprint density at radius 3 is 2.74 bits per heavy atom. The molecular weight excluding hydrogens is 385 g/mol. The summed E-state index contributed by atoms with van der Waals surface area (Å²) >= 11 is 12.2. The van der Waals surface area contributed by atoms with Crippen molar-refractivity contribution in [2.45, 2.75) is 32.6 Å². The number of hydrogen-bond donors (Lipinski definition) is 0. The van der Waals surface area contributed by atoms with Gasteiger partial charge < -0.3 is 9.64 Å². The molecule has 2 aromatic rings. The molecule has 0 aliphatic carbocycles. The molecular formula is C21H21Cl2NO3. The van der Waals surface area contributed by atoms with Crippen LogP contribution in [0.2, 0.25) is 10.0 Å². The van der Waals surface area contributed by atoms with E-state index in [1.807, 2.05) is 18.2 Å². The van der Waals surface area contributed by atoms with Crippen LogP contribution in [0.25, 0.3) is 0 Å².